The summed E-state index contributed by atoms with van der Waals surface area (Å²) in [4.78, 5) is 36.5. The van der Waals surface area contributed by atoms with E-state index in [2.05, 4.69) is 10.9 Å². The number of sulfonamides is 1. The third kappa shape index (κ3) is 6.10. The van der Waals surface area contributed by atoms with Gasteiger partial charge in [-0.2, -0.15) is 4.31 Å². The first kappa shape index (κ1) is 25.1. The van der Waals surface area contributed by atoms with Crippen LogP contribution in [0.25, 0.3) is 0 Å². The number of carbonyl (C=O) groups is 3. The van der Waals surface area contributed by atoms with Crippen LogP contribution in [0.1, 0.15) is 26.3 Å². The third-order valence-electron chi connectivity index (χ3n) is 5.04. The van der Waals surface area contributed by atoms with Crippen LogP contribution in [-0.4, -0.2) is 70.5 Å². The van der Waals surface area contributed by atoms with Crippen LogP contribution in [0.2, 0.25) is 0 Å². The van der Waals surface area contributed by atoms with Gasteiger partial charge in [0.1, 0.15) is 5.75 Å². The maximum Gasteiger partial charge on any atom is 0.338 e. The minimum Gasteiger partial charge on any atom is -0.497 e. The van der Waals surface area contributed by atoms with E-state index in [0.29, 0.717) is 24.5 Å². The van der Waals surface area contributed by atoms with Gasteiger partial charge in [0.25, 0.3) is 11.8 Å². The van der Waals surface area contributed by atoms with Gasteiger partial charge in [-0.25, -0.2) is 13.2 Å². The highest BCUT2D eigenvalue weighted by molar-refractivity contribution is 7.89. The van der Waals surface area contributed by atoms with Gasteiger partial charge in [0.15, 0.2) is 6.61 Å². The number of carbonyl (C=O) groups excluding carboxylic acids is 3. The van der Waals surface area contributed by atoms with Crippen LogP contribution >= 0.6 is 0 Å². The smallest absolute Gasteiger partial charge is 0.338 e. The lowest BCUT2D eigenvalue weighted by Gasteiger charge is -2.26. The molecule has 1 aliphatic rings. The molecule has 182 valence electrons. The summed E-state index contributed by atoms with van der Waals surface area (Å²) < 4.78 is 42.2. The van der Waals surface area contributed by atoms with E-state index in [1.165, 1.54) is 41.7 Å². The lowest BCUT2D eigenvalue weighted by molar-refractivity contribution is -0.125. The van der Waals surface area contributed by atoms with Crippen molar-refractivity contribution in [2.45, 2.75) is 11.8 Å². The minimum absolute atomic E-state index is 0.0180. The van der Waals surface area contributed by atoms with Gasteiger partial charge in [-0.3, -0.25) is 20.4 Å². The van der Waals surface area contributed by atoms with Crippen LogP contribution in [0.3, 0.4) is 0 Å². The van der Waals surface area contributed by atoms with Gasteiger partial charge in [-0.05, 0) is 48.9 Å². The number of rotatable bonds is 7. The molecule has 1 fully saturated rings. The molecular weight excluding hydrogens is 466 g/mol. The zero-order chi connectivity index (χ0) is 24.7. The Morgan fingerprint density at radius 2 is 1.71 bits per heavy atom. The Balaban J connectivity index is 1.57. The van der Waals surface area contributed by atoms with Crippen LogP contribution in [0, 0.1) is 6.92 Å². The van der Waals surface area contributed by atoms with Gasteiger partial charge < -0.3 is 14.2 Å². The third-order valence-corrected chi connectivity index (χ3v) is 6.93. The van der Waals surface area contributed by atoms with Crippen molar-refractivity contribution in [3.8, 4) is 5.75 Å². The number of hydrogen-bond acceptors (Lipinski definition) is 8. The van der Waals surface area contributed by atoms with Crippen LogP contribution in [-0.2, 0) is 24.3 Å². The highest BCUT2D eigenvalue weighted by Crippen LogP contribution is 2.21. The molecule has 0 spiro atoms. The summed E-state index contributed by atoms with van der Waals surface area (Å²) in [5, 5.41) is 0. The molecule has 12 heteroatoms. The summed E-state index contributed by atoms with van der Waals surface area (Å²) >= 11 is 0. The fourth-order valence-electron chi connectivity index (χ4n) is 3.10. The van der Waals surface area contributed by atoms with Gasteiger partial charge in [-0.15, -0.1) is 0 Å². The van der Waals surface area contributed by atoms with E-state index in [-0.39, 0.29) is 29.1 Å². The first-order valence-electron chi connectivity index (χ1n) is 10.3. The van der Waals surface area contributed by atoms with Crippen LogP contribution in [0.15, 0.2) is 47.4 Å². The summed E-state index contributed by atoms with van der Waals surface area (Å²) in [6, 6.07) is 10.4. The normalized spacial score (nSPS) is 14.2. The molecule has 3 rings (SSSR count). The van der Waals surface area contributed by atoms with Gasteiger partial charge in [0, 0.05) is 18.7 Å². The number of amides is 2. The molecule has 0 radical (unpaired) electrons. The van der Waals surface area contributed by atoms with Crippen LogP contribution in [0.5, 0.6) is 5.75 Å². The quantitative estimate of drug-likeness (QED) is 0.425. The Bertz CT molecular complexity index is 1160. The highest BCUT2D eigenvalue weighted by atomic mass is 32.2. The van der Waals surface area contributed by atoms with Gasteiger partial charge in [-0.1, -0.05) is 6.07 Å². The molecule has 2 aromatic carbocycles. The number of benzene rings is 2. The Morgan fingerprint density at radius 3 is 2.35 bits per heavy atom. The van der Waals surface area contributed by atoms with Crippen molar-refractivity contribution in [2.24, 2.45) is 0 Å². The summed E-state index contributed by atoms with van der Waals surface area (Å²) in [7, 11) is -2.31. The van der Waals surface area contributed by atoms with E-state index in [4.69, 9.17) is 14.2 Å². The lowest BCUT2D eigenvalue weighted by Crippen LogP contribution is -2.43. The number of esters is 1. The standard InChI is InChI=1S/C22H25N3O8S/c1-15-3-8-18(34(29,30)25-9-11-32-12-10-25)13-19(15)22(28)33-14-20(26)23-24-21(27)16-4-6-17(31-2)7-5-16/h3-8,13H,9-12,14H2,1-2H3,(H,23,26)(H,24,27). The molecule has 0 saturated carbocycles. The molecule has 1 aliphatic heterocycles. The number of nitrogens with one attached hydrogen (secondary N) is 2. The molecule has 0 aliphatic carbocycles. The molecule has 2 aromatic rings. The first-order chi connectivity index (χ1) is 16.2. The molecule has 0 unspecified atom stereocenters. The van der Waals surface area contributed by atoms with Gasteiger partial charge >= 0.3 is 5.97 Å². The highest BCUT2D eigenvalue weighted by Gasteiger charge is 2.27. The lowest BCUT2D eigenvalue weighted by atomic mass is 10.1. The fraction of sp³-hybridized carbons (Fsp3) is 0.318. The zero-order valence-electron chi connectivity index (χ0n) is 18.7. The number of morpholine rings is 1. The van der Waals surface area contributed by atoms with Gasteiger partial charge in [0.05, 0.1) is 30.8 Å². The van der Waals surface area contributed by atoms with E-state index in [0.717, 1.165) is 0 Å². The van der Waals surface area contributed by atoms with Crippen molar-refractivity contribution in [3.05, 3.63) is 59.2 Å². The Morgan fingerprint density at radius 1 is 1.03 bits per heavy atom. The Hall–Kier alpha value is -3.48. The van der Waals surface area contributed by atoms with E-state index < -0.39 is 34.4 Å². The van der Waals surface area contributed by atoms with Gasteiger partial charge in [0.2, 0.25) is 10.0 Å². The molecule has 1 heterocycles. The van der Waals surface area contributed by atoms with Crippen LogP contribution < -0.4 is 15.6 Å². The van der Waals surface area contributed by atoms with Crippen LogP contribution in [0.4, 0.5) is 0 Å². The van der Waals surface area contributed by atoms with E-state index in [9.17, 15) is 22.8 Å². The number of methoxy groups -OCH3 is 1. The number of hydrogen-bond donors (Lipinski definition) is 2. The molecular formula is C22H25N3O8S. The summed E-state index contributed by atoms with van der Waals surface area (Å²) in [6.45, 7) is 1.98. The Kier molecular flexibility index (Phi) is 8.21. The molecule has 1 saturated heterocycles. The predicted octanol–water partition coefficient (Wildman–Crippen LogP) is 0.643. The van der Waals surface area contributed by atoms with Crippen molar-refractivity contribution in [1.82, 2.24) is 15.2 Å². The molecule has 0 aromatic heterocycles. The maximum absolute atomic E-state index is 12.8. The van der Waals surface area contributed by atoms with Crippen molar-refractivity contribution in [1.29, 1.82) is 0 Å². The summed E-state index contributed by atoms with van der Waals surface area (Å²) in [5.41, 5.74) is 5.15. The van der Waals surface area contributed by atoms with E-state index >= 15 is 0 Å². The summed E-state index contributed by atoms with van der Waals surface area (Å²) in [5.74, 6) is -1.64. The molecule has 34 heavy (non-hydrogen) atoms. The van der Waals surface area contributed by atoms with Crippen molar-refractivity contribution >= 4 is 27.8 Å². The number of ether oxygens (including phenoxy) is 3. The topological polar surface area (TPSA) is 140 Å². The molecule has 11 nitrogen and oxygen atoms in total. The van der Waals surface area contributed by atoms with E-state index in [1.807, 2.05) is 0 Å². The second kappa shape index (κ2) is 11.1. The second-order valence-electron chi connectivity index (χ2n) is 7.30. The maximum atomic E-state index is 12.8. The SMILES string of the molecule is COc1ccc(C(=O)NNC(=O)COC(=O)c2cc(S(=O)(=O)N3CCOCC3)ccc2C)cc1. The van der Waals surface area contributed by atoms with Crippen molar-refractivity contribution < 1.29 is 37.0 Å². The van der Waals surface area contributed by atoms with Crippen molar-refractivity contribution in [2.75, 3.05) is 40.0 Å². The minimum atomic E-state index is -3.80. The molecule has 0 bridgehead atoms. The number of aryl methyl sites for hydroxylation is 1. The predicted molar refractivity (Wildman–Crippen MR) is 120 cm³/mol. The Labute approximate surface area is 197 Å². The average Bonchev–Trinajstić information content (AvgIpc) is 2.86. The molecule has 0 atom stereocenters. The molecule has 2 N–H and O–H groups in total. The van der Waals surface area contributed by atoms with Crippen molar-refractivity contribution in [3.63, 3.8) is 0 Å². The monoisotopic (exact) mass is 491 g/mol. The molecule has 2 amide bonds. The number of hydrazine groups is 1. The number of nitrogens with zero attached hydrogens (tertiary/aromatic N) is 1. The first-order valence-corrected chi connectivity index (χ1v) is 11.8. The second-order valence-corrected chi connectivity index (χ2v) is 9.24. The fourth-order valence-corrected chi connectivity index (χ4v) is 4.54. The zero-order valence-corrected chi connectivity index (χ0v) is 19.5. The largest absolute Gasteiger partial charge is 0.497 e. The van der Waals surface area contributed by atoms with E-state index in [1.54, 1.807) is 19.1 Å². The average molecular weight is 492 g/mol. The summed E-state index contributed by atoms with van der Waals surface area (Å²) in [6.07, 6.45) is 0.